The number of amides is 2. The van der Waals surface area contributed by atoms with E-state index in [1.54, 1.807) is 13.8 Å². The molecule has 0 fully saturated rings. The van der Waals surface area contributed by atoms with Crippen molar-refractivity contribution in [3.8, 4) is 11.5 Å². The van der Waals surface area contributed by atoms with Gasteiger partial charge in [0.25, 0.3) is 10.0 Å². The third-order valence-corrected chi connectivity index (χ3v) is 8.06. The van der Waals surface area contributed by atoms with Crippen LogP contribution in [0.15, 0.2) is 71.6 Å². The zero-order chi connectivity index (χ0) is 29.4. The molecule has 0 aromatic heterocycles. The van der Waals surface area contributed by atoms with E-state index < -0.39 is 34.3 Å². The molecule has 1 atom stereocenters. The van der Waals surface area contributed by atoms with Gasteiger partial charge in [0.05, 0.1) is 24.8 Å². The molecule has 0 aliphatic heterocycles. The molecule has 40 heavy (non-hydrogen) atoms. The lowest BCUT2D eigenvalue weighted by atomic mass is 10.1. The number of hydrogen-bond acceptors (Lipinski definition) is 6. The van der Waals surface area contributed by atoms with Crippen LogP contribution in [0.4, 0.5) is 10.1 Å². The fourth-order valence-electron chi connectivity index (χ4n) is 4.15. The van der Waals surface area contributed by atoms with Crippen LogP contribution in [0.1, 0.15) is 25.0 Å². The fourth-order valence-corrected chi connectivity index (χ4v) is 5.58. The van der Waals surface area contributed by atoms with Crippen LogP contribution in [0.25, 0.3) is 0 Å². The second-order valence-electron chi connectivity index (χ2n) is 9.09. The smallest absolute Gasteiger partial charge is 0.264 e. The summed E-state index contributed by atoms with van der Waals surface area (Å²) in [5, 5.41) is 2.72. The van der Waals surface area contributed by atoms with E-state index in [0.29, 0.717) is 12.3 Å². The van der Waals surface area contributed by atoms with Gasteiger partial charge >= 0.3 is 0 Å². The Balaban J connectivity index is 2.07. The SMILES string of the molecule is CCNC(=O)[C@H](C)N(Cc1cccc(C)c1)C(=O)CN(c1ccc(F)cc1)S(=O)(=O)c1ccc(OC)c(OC)c1. The monoisotopic (exact) mass is 571 g/mol. The molecule has 9 nitrogen and oxygen atoms in total. The largest absolute Gasteiger partial charge is 0.493 e. The summed E-state index contributed by atoms with van der Waals surface area (Å²) in [6.45, 7) is 5.07. The van der Waals surface area contributed by atoms with Gasteiger partial charge in [-0.05, 0) is 62.7 Å². The molecule has 3 rings (SSSR count). The predicted molar refractivity (Wildman–Crippen MR) is 150 cm³/mol. The molecule has 11 heteroatoms. The average molecular weight is 572 g/mol. The highest BCUT2D eigenvalue weighted by Gasteiger charge is 2.33. The topological polar surface area (TPSA) is 105 Å². The third-order valence-electron chi connectivity index (χ3n) is 6.29. The minimum Gasteiger partial charge on any atom is -0.493 e. The lowest BCUT2D eigenvalue weighted by Crippen LogP contribution is -2.51. The third kappa shape index (κ3) is 7.09. The number of anilines is 1. The molecule has 0 heterocycles. The van der Waals surface area contributed by atoms with E-state index in [1.165, 1.54) is 49.5 Å². The first-order valence-electron chi connectivity index (χ1n) is 12.6. The highest BCUT2D eigenvalue weighted by molar-refractivity contribution is 7.92. The first kappa shape index (κ1) is 30.4. The standard InChI is InChI=1S/C29H34FN3O6S/c1-6-31-29(35)21(3)32(18-22-9-7-8-20(2)16-22)28(34)19-33(24-12-10-23(30)11-13-24)40(36,37)25-14-15-26(38-4)27(17-25)39-5/h7-17,21H,6,18-19H2,1-5H3,(H,31,35)/t21-/m0/s1. The molecule has 0 unspecified atom stereocenters. The Labute approximate surface area is 234 Å². The molecule has 0 bridgehead atoms. The summed E-state index contributed by atoms with van der Waals surface area (Å²) in [5.41, 5.74) is 1.82. The Morgan fingerprint density at radius 3 is 2.25 bits per heavy atom. The van der Waals surface area contributed by atoms with Crippen molar-refractivity contribution in [3.05, 3.63) is 83.7 Å². The molecule has 0 aliphatic rings. The Morgan fingerprint density at radius 1 is 0.975 bits per heavy atom. The Morgan fingerprint density at radius 2 is 1.65 bits per heavy atom. The average Bonchev–Trinajstić information content (AvgIpc) is 2.94. The van der Waals surface area contributed by atoms with E-state index >= 15 is 0 Å². The lowest BCUT2D eigenvalue weighted by molar-refractivity contribution is -0.139. The molecule has 0 saturated heterocycles. The minimum absolute atomic E-state index is 0.0747. The number of sulfonamides is 1. The quantitative estimate of drug-likeness (QED) is 0.354. The van der Waals surface area contributed by atoms with Gasteiger partial charge < -0.3 is 19.7 Å². The number of nitrogens with zero attached hydrogens (tertiary/aromatic N) is 2. The van der Waals surface area contributed by atoms with Crippen molar-refractivity contribution >= 4 is 27.5 Å². The van der Waals surface area contributed by atoms with Crippen molar-refractivity contribution in [1.29, 1.82) is 0 Å². The number of nitrogens with one attached hydrogen (secondary N) is 1. The van der Waals surface area contributed by atoms with E-state index in [2.05, 4.69) is 5.32 Å². The summed E-state index contributed by atoms with van der Waals surface area (Å²) in [7, 11) is -1.56. The van der Waals surface area contributed by atoms with Gasteiger partial charge in [0, 0.05) is 19.2 Å². The van der Waals surface area contributed by atoms with Crippen LogP contribution in [0.5, 0.6) is 11.5 Å². The number of likely N-dealkylation sites (N-methyl/N-ethyl adjacent to an activating group) is 1. The van der Waals surface area contributed by atoms with Crippen LogP contribution >= 0.6 is 0 Å². The maximum atomic E-state index is 13.9. The molecule has 3 aromatic carbocycles. The first-order chi connectivity index (χ1) is 19.0. The van der Waals surface area contributed by atoms with Gasteiger partial charge in [-0.1, -0.05) is 29.8 Å². The summed E-state index contributed by atoms with van der Waals surface area (Å²) >= 11 is 0. The number of aryl methyl sites for hydroxylation is 1. The molecular weight excluding hydrogens is 537 g/mol. The molecule has 0 saturated carbocycles. The number of benzene rings is 3. The van der Waals surface area contributed by atoms with E-state index in [4.69, 9.17) is 9.47 Å². The van der Waals surface area contributed by atoms with E-state index in [9.17, 15) is 22.4 Å². The normalized spacial score (nSPS) is 11.8. The van der Waals surface area contributed by atoms with E-state index in [0.717, 1.165) is 27.6 Å². The fraction of sp³-hybridized carbons (Fsp3) is 0.310. The van der Waals surface area contributed by atoms with E-state index in [1.807, 2.05) is 31.2 Å². The summed E-state index contributed by atoms with van der Waals surface area (Å²) in [6, 6.07) is 15.4. The molecule has 1 N–H and O–H groups in total. The molecule has 0 spiro atoms. The lowest BCUT2D eigenvalue weighted by Gasteiger charge is -2.32. The highest BCUT2D eigenvalue weighted by atomic mass is 32.2. The number of hydrogen-bond donors (Lipinski definition) is 1. The van der Waals surface area contributed by atoms with Gasteiger partial charge in [0.2, 0.25) is 11.8 Å². The summed E-state index contributed by atoms with van der Waals surface area (Å²) in [5.74, 6) is -1.05. The van der Waals surface area contributed by atoms with Crippen LogP contribution in [0, 0.1) is 12.7 Å². The van der Waals surface area contributed by atoms with Gasteiger partial charge in [-0.25, -0.2) is 12.8 Å². The second kappa shape index (κ2) is 13.3. The van der Waals surface area contributed by atoms with Crippen molar-refractivity contribution in [2.45, 2.75) is 38.3 Å². The Hall–Kier alpha value is -4.12. The zero-order valence-corrected chi connectivity index (χ0v) is 24.0. The van der Waals surface area contributed by atoms with Crippen molar-refractivity contribution in [1.82, 2.24) is 10.2 Å². The molecule has 214 valence electrons. The highest BCUT2D eigenvalue weighted by Crippen LogP contribution is 2.32. The molecule has 0 aliphatic carbocycles. The predicted octanol–water partition coefficient (Wildman–Crippen LogP) is 3.90. The van der Waals surface area contributed by atoms with Crippen LogP contribution in [0.3, 0.4) is 0 Å². The van der Waals surface area contributed by atoms with Gasteiger partial charge in [0.1, 0.15) is 18.4 Å². The Kier molecular flexibility index (Phi) is 10.1. The number of carbonyl (C=O) groups is 2. The van der Waals surface area contributed by atoms with Crippen molar-refractivity contribution in [2.75, 3.05) is 31.6 Å². The maximum Gasteiger partial charge on any atom is 0.264 e. The number of halogens is 1. The van der Waals surface area contributed by atoms with Gasteiger partial charge in [-0.2, -0.15) is 0 Å². The molecule has 0 radical (unpaired) electrons. The number of rotatable bonds is 12. The van der Waals surface area contributed by atoms with Gasteiger partial charge in [-0.3, -0.25) is 13.9 Å². The maximum absolute atomic E-state index is 13.9. The van der Waals surface area contributed by atoms with Crippen molar-refractivity contribution < 1.29 is 31.9 Å². The van der Waals surface area contributed by atoms with Crippen LogP contribution < -0.4 is 19.1 Å². The van der Waals surface area contributed by atoms with Crippen molar-refractivity contribution in [2.24, 2.45) is 0 Å². The number of methoxy groups -OCH3 is 2. The van der Waals surface area contributed by atoms with Crippen LogP contribution in [0.2, 0.25) is 0 Å². The molecular formula is C29H34FN3O6S. The summed E-state index contributed by atoms with van der Waals surface area (Å²) < 4.78 is 53.0. The van der Waals surface area contributed by atoms with Crippen LogP contribution in [-0.2, 0) is 26.2 Å². The summed E-state index contributed by atoms with van der Waals surface area (Å²) in [6.07, 6.45) is 0. The van der Waals surface area contributed by atoms with Gasteiger partial charge in [-0.15, -0.1) is 0 Å². The van der Waals surface area contributed by atoms with Gasteiger partial charge in [0.15, 0.2) is 11.5 Å². The zero-order valence-electron chi connectivity index (χ0n) is 23.2. The van der Waals surface area contributed by atoms with Crippen LogP contribution in [-0.4, -0.2) is 58.5 Å². The van der Waals surface area contributed by atoms with E-state index in [-0.39, 0.29) is 28.8 Å². The number of ether oxygens (including phenoxy) is 2. The van der Waals surface area contributed by atoms with Crippen molar-refractivity contribution in [3.63, 3.8) is 0 Å². The number of carbonyl (C=O) groups excluding carboxylic acids is 2. The Bertz CT molecular complexity index is 1450. The second-order valence-corrected chi connectivity index (χ2v) is 10.9. The summed E-state index contributed by atoms with van der Waals surface area (Å²) in [4.78, 5) is 27.8. The molecule has 3 aromatic rings. The molecule has 2 amide bonds. The minimum atomic E-state index is -4.36. The first-order valence-corrected chi connectivity index (χ1v) is 14.1.